The van der Waals surface area contributed by atoms with Crippen molar-refractivity contribution in [2.24, 2.45) is 5.92 Å². The maximum atomic E-state index is 10.2. The lowest BCUT2D eigenvalue weighted by molar-refractivity contribution is 0.00374. The fraction of sp³-hybridized carbons (Fsp3) is 1.00. The van der Waals surface area contributed by atoms with Gasteiger partial charge >= 0.3 is 0 Å². The Morgan fingerprint density at radius 1 is 1.50 bits per heavy atom. The van der Waals surface area contributed by atoms with E-state index in [-0.39, 0.29) is 5.60 Å². The first-order valence-electron chi connectivity index (χ1n) is 5.08. The van der Waals surface area contributed by atoms with Crippen molar-refractivity contribution in [3.63, 3.8) is 0 Å². The van der Waals surface area contributed by atoms with Gasteiger partial charge in [-0.05, 0) is 31.7 Å². The molecule has 2 nitrogen and oxygen atoms in total. The second-order valence-electron chi connectivity index (χ2n) is 4.73. The molecule has 2 unspecified atom stereocenters. The molecule has 70 valence electrons. The maximum Gasteiger partial charge on any atom is 0.0811 e. The second kappa shape index (κ2) is 2.71. The molecule has 0 spiro atoms. The van der Waals surface area contributed by atoms with Gasteiger partial charge in [0.15, 0.2) is 0 Å². The number of fused-ring (bicyclic) bond motifs is 1. The molecule has 1 N–H and O–H groups in total. The summed E-state index contributed by atoms with van der Waals surface area (Å²) in [4.78, 5) is 2.46. The monoisotopic (exact) mass is 169 g/mol. The summed E-state index contributed by atoms with van der Waals surface area (Å²) < 4.78 is 0. The molecule has 2 aliphatic heterocycles. The van der Waals surface area contributed by atoms with Crippen molar-refractivity contribution < 1.29 is 5.11 Å². The van der Waals surface area contributed by atoms with Crippen molar-refractivity contribution >= 4 is 0 Å². The Morgan fingerprint density at radius 3 is 2.83 bits per heavy atom. The van der Waals surface area contributed by atoms with Gasteiger partial charge < -0.3 is 5.11 Å². The zero-order valence-corrected chi connectivity index (χ0v) is 8.08. The average Bonchev–Trinajstić information content (AvgIpc) is 2.44. The molecule has 2 saturated heterocycles. The Kier molecular flexibility index (Phi) is 1.92. The molecule has 2 aliphatic rings. The van der Waals surface area contributed by atoms with Crippen LogP contribution in [-0.2, 0) is 0 Å². The lowest BCUT2D eigenvalue weighted by Gasteiger charge is -2.27. The quantitative estimate of drug-likeness (QED) is 0.638. The molecule has 0 aromatic heterocycles. The molecule has 0 radical (unpaired) electrons. The molecule has 2 heteroatoms. The first-order valence-corrected chi connectivity index (χ1v) is 5.08. The summed E-state index contributed by atoms with van der Waals surface area (Å²) in [5, 5.41) is 10.2. The summed E-state index contributed by atoms with van der Waals surface area (Å²) in [5.74, 6) is 0.406. The highest BCUT2D eigenvalue weighted by molar-refractivity contribution is 5.00. The van der Waals surface area contributed by atoms with E-state index in [4.69, 9.17) is 0 Å². The topological polar surface area (TPSA) is 23.5 Å². The minimum atomic E-state index is -0.384. The van der Waals surface area contributed by atoms with Crippen molar-refractivity contribution in [2.45, 2.75) is 44.8 Å². The number of nitrogens with zero attached hydrogens (tertiary/aromatic N) is 1. The molecule has 0 aromatic rings. The van der Waals surface area contributed by atoms with Crippen LogP contribution >= 0.6 is 0 Å². The van der Waals surface area contributed by atoms with Crippen LogP contribution in [0.25, 0.3) is 0 Å². The number of aliphatic hydroxyl groups is 1. The number of hydrogen-bond donors (Lipinski definition) is 1. The van der Waals surface area contributed by atoms with E-state index >= 15 is 0 Å². The van der Waals surface area contributed by atoms with Crippen LogP contribution in [0, 0.1) is 5.92 Å². The van der Waals surface area contributed by atoms with Crippen molar-refractivity contribution in [1.82, 2.24) is 4.90 Å². The Morgan fingerprint density at radius 2 is 2.25 bits per heavy atom. The van der Waals surface area contributed by atoms with E-state index in [9.17, 15) is 5.11 Å². The Balaban J connectivity index is 2.06. The van der Waals surface area contributed by atoms with Crippen LogP contribution in [0.3, 0.4) is 0 Å². The minimum Gasteiger partial charge on any atom is -0.388 e. The van der Waals surface area contributed by atoms with Gasteiger partial charge in [0, 0.05) is 12.6 Å². The summed E-state index contributed by atoms with van der Waals surface area (Å²) in [5.41, 5.74) is -0.384. The van der Waals surface area contributed by atoms with Gasteiger partial charge in [-0.3, -0.25) is 4.90 Å². The van der Waals surface area contributed by atoms with Gasteiger partial charge in [-0.25, -0.2) is 0 Å². The maximum absolute atomic E-state index is 10.2. The van der Waals surface area contributed by atoms with Gasteiger partial charge in [0.25, 0.3) is 0 Å². The van der Waals surface area contributed by atoms with E-state index in [1.165, 1.54) is 19.4 Å². The molecule has 0 aromatic carbocycles. The molecule has 2 fully saturated rings. The lowest BCUT2D eigenvalue weighted by atomic mass is 9.87. The Hall–Kier alpha value is -0.0800. The molecule has 12 heavy (non-hydrogen) atoms. The second-order valence-corrected chi connectivity index (χ2v) is 4.73. The fourth-order valence-electron chi connectivity index (χ4n) is 2.58. The summed E-state index contributed by atoms with van der Waals surface area (Å²) in [6, 6.07) is 0.692. The third kappa shape index (κ3) is 1.17. The van der Waals surface area contributed by atoms with Gasteiger partial charge in [-0.15, -0.1) is 0 Å². The first-order chi connectivity index (χ1) is 5.62. The van der Waals surface area contributed by atoms with Crippen molar-refractivity contribution in [3.05, 3.63) is 0 Å². The SMILES string of the molecule is CC(C)C1(O)CC2CCCN2C1. The van der Waals surface area contributed by atoms with Crippen LogP contribution in [0.2, 0.25) is 0 Å². The van der Waals surface area contributed by atoms with Crippen LogP contribution in [0.5, 0.6) is 0 Å². The van der Waals surface area contributed by atoms with Gasteiger partial charge in [0.2, 0.25) is 0 Å². The molecular weight excluding hydrogens is 150 g/mol. The summed E-state index contributed by atoms with van der Waals surface area (Å²) in [6.45, 7) is 6.37. The highest BCUT2D eigenvalue weighted by Gasteiger charge is 2.45. The molecule has 2 heterocycles. The fourth-order valence-corrected chi connectivity index (χ4v) is 2.58. The minimum absolute atomic E-state index is 0.384. The van der Waals surface area contributed by atoms with Gasteiger partial charge in [0.1, 0.15) is 0 Å². The van der Waals surface area contributed by atoms with Crippen LogP contribution in [-0.4, -0.2) is 34.7 Å². The van der Waals surface area contributed by atoms with Gasteiger partial charge in [0.05, 0.1) is 5.60 Å². The summed E-state index contributed by atoms with van der Waals surface area (Å²) in [7, 11) is 0. The standard InChI is InChI=1S/C10H19NO/c1-8(2)10(12)6-9-4-3-5-11(9)7-10/h8-9,12H,3-7H2,1-2H3. The molecule has 0 aliphatic carbocycles. The predicted molar refractivity (Wildman–Crippen MR) is 49.0 cm³/mol. The molecule has 2 atom stereocenters. The zero-order valence-electron chi connectivity index (χ0n) is 8.08. The molecule has 0 bridgehead atoms. The Bertz CT molecular complexity index is 167. The predicted octanol–water partition coefficient (Wildman–Crippen LogP) is 1.24. The van der Waals surface area contributed by atoms with Crippen LogP contribution in [0.4, 0.5) is 0 Å². The summed E-state index contributed by atoms with van der Waals surface area (Å²) in [6.07, 6.45) is 3.64. The van der Waals surface area contributed by atoms with Gasteiger partial charge in [-0.2, -0.15) is 0 Å². The lowest BCUT2D eigenvalue weighted by Crippen LogP contribution is -2.38. The normalized spacial score (nSPS) is 42.5. The third-order valence-electron chi connectivity index (χ3n) is 3.64. The Labute approximate surface area is 74.6 Å². The van der Waals surface area contributed by atoms with Crippen LogP contribution in [0.15, 0.2) is 0 Å². The van der Waals surface area contributed by atoms with E-state index in [0.29, 0.717) is 12.0 Å². The third-order valence-corrected chi connectivity index (χ3v) is 3.64. The van der Waals surface area contributed by atoms with E-state index in [1.54, 1.807) is 0 Å². The van der Waals surface area contributed by atoms with E-state index in [1.807, 2.05) is 0 Å². The molecule has 2 rings (SSSR count). The first kappa shape index (κ1) is 8.52. The van der Waals surface area contributed by atoms with Crippen molar-refractivity contribution in [3.8, 4) is 0 Å². The zero-order chi connectivity index (χ0) is 8.77. The largest absolute Gasteiger partial charge is 0.388 e. The molecule has 0 saturated carbocycles. The molecular formula is C10H19NO. The van der Waals surface area contributed by atoms with E-state index in [0.717, 1.165) is 13.0 Å². The van der Waals surface area contributed by atoms with E-state index in [2.05, 4.69) is 18.7 Å². The molecule has 0 amide bonds. The van der Waals surface area contributed by atoms with E-state index < -0.39 is 0 Å². The summed E-state index contributed by atoms with van der Waals surface area (Å²) >= 11 is 0. The van der Waals surface area contributed by atoms with Crippen LogP contribution < -0.4 is 0 Å². The van der Waals surface area contributed by atoms with Gasteiger partial charge in [-0.1, -0.05) is 13.8 Å². The smallest absolute Gasteiger partial charge is 0.0811 e. The number of rotatable bonds is 1. The van der Waals surface area contributed by atoms with Crippen molar-refractivity contribution in [2.75, 3.05) is 13.1 Å². The average molecular weight is 169 g/mol. The highest BCUT2D eigenvalue weighted by atomic mass is 16.3. The number of hydrogen-bond acceptors (Lipinski definition) is 2. The highest BCUT2D eigenvalue weighted by Crippen LogP contribution is 2.37. The van der Waals surface area contributed by atoms with Crippen molar-refractivity contribution in [1.29, 1.82) is 0 Å². The van der Waals surface area contributed by atoms with Crippen LogP contribution in [0.1, 0.15) is 33.1 Å².